The fourth-order valence-electron chi connectivity index (χ4n) is 0.277. The standard InChI is InChI=1S/C2H4O4S/c3-7(4)2-5-1-6-7/h1-2H2. The zero-order valence-corrected chi connectivity index (χ0v) is 4.27. The first-order valence-electron chi connectivity index (χ1n) is 1.65. The van der Waals surface area contributed by atoms with Gasteiger partial charge < -0.3 is 4.74 Å². The van der Waals surface area contributed by atoms with Gasteiger partial charge in [-0.15, -0.1) is 0 Å². The van der Waals surface area contributed by atoms with Crippen molar-refractivity contribution < 1.29 is 17.3 Å². The highest BCUT2D eigenvalue weighted by Crippen LogP contribution is 2.01. The molecule has 0 bridgehead atoms. The van der Waals surface area contributed by atoms with E-state index in [-0.39, 0.29) is 12.7 Å². The molecule has 0 aromatic heterocycles. The summed E-state index contributed by atoms with van der Waals surface area (Å²) in [4.78, 5) is 0. The van der Waals surface area contributed by atoms with Crippen molar-refractivity contribution in [2.24, 2.45) is 0 Å². The molecule has 42 valence electrons. The lowest BCUT2D eigenvalue weighted by Gasteiger charge is -1.79. The molecule has 7 heavy (non-hydrogen) atoms. The van der Waals surface area contributed by atoms with Crippen molar-refractivity contribution in [1.82, 2.24) is 0 Å². The lowest BCUT2D eigenvalue weighted by molar-refractivity contribution is 0.0919. The Hall–Kier alpha value is -0.130. The minimum Gasteiger partial charge on any atom is -0.336 e. The summed E-state index contributed by atoms with van der Waals surface area (Å²) in [5, 5.41) is 0. The molecule has 0 amide bonds. The molecule has 5 heteroatoms. The van der Waals surface area contributed by atoms with Crippen LogP contribution in [0.3, 0.4) is 0 Å². The van der Waals surface area contributed by atoms with Gasteiger partial charge >= 0.3 is 0 Å². The molecule has 0 spiro atoms. The molecular formula is C2H4O4S. The average Bonchev–Trinajstić information content (AvgIpc) is 1.84. The van der Waals surface area contributed by atoms with Crippen LogP contribution in [0.25, 0.3) is 0 Å². The van der Waals surface area contributed by atoms with Crippen molar-refractivity contribution in [3.8, 4) is 0 Å². The second kappa shape index (κ2) is 1.43. The number of rotatable bonds is 0. The van der Waals surface area contributed by atoms with E-state index in [0.717, 1.165) is 0 Å². The fourth-order valence-corrected chi connectivity index (χ4v) is 0.832. The van der Waals surface area contributed by atoms with Crippen molar-refractivity contribution in [2.45, 2.75) is 0 Å². The van der Waals surface area contributed by atoms with Crippen molar-refractivity contribution in [1.29, 1.82) is 0 Å². The molecule has 1 rings (SSSR count). The Kier molecular flexibility index (Phi) is 1.02. The second-order valence-electron chi connectivity index (χ2n) is 1.12. The maximum absolute atomic E-state index is 10.1. The van der Waals surface area contributed by atoms with E-state index < -0.39 is 10.1 Å². The molecule has 1 fully saturated rings. The van der Waals surface area contributed by atoms with E-state index >= 15 is 0 Å². The zero-order valence-electron chi connectivity index (χ0n) is 3.46. The summed E-state index contributed by atoms with van der Waals surface area (Å²) in [6.07, 6.45) is 0. The first-order chi connectivity index (χ1) is 3.21. The quantitative estimate of drug-likeness (QED) is 0.400. The Morgan fingerprint density at radius 1 is 1.43 bits per heavy atom. The minimum absolute atomic E-state index is 0.123. The van der Waals surface area contributed by atoms with Gasteiger partial charge in [0.1, 0.15) is 0 Å². The summed E-state index contributed by atoms with van der Waals surface area (Å²) in [6, 6.07) is 0. The van der Waals surface area contributed by atoms with Crippen LogP contribution >= 0.6 is 0 Å². The molecule has 1 aliphatic heterocycles. The summed E-state index contributed by atoms with van der Waals surface area (Å²) in [5.41, 5.74) is 0. The van der Waals surface area contributed by atoms with Crippen LogP contribution in [-0.4, -0.2) is 21.1 Å². The molecule has 0 atom stereocenters. The van der Waals surface area contributed by atoms with Crippen molar-refractivity contribution in [2.75, 3.05) is 12.7 Å². The predicted molar refractivity (Wildman–Crippen MR) is 20.8 cm³/mol. The van der Waals surface area contributed by atoms with Crippen LogP contribution in [-0.2, 0) is 19.0 Å². The van der Waals surface area contributed by atoms with Crippen LogP contribution in [0.15, 0.2) is 0 Å². The fraction of sp³-hybridized carbons (Fsp3) is 1.00. The van der Waals surface area contributed by atoms with E-state index in [9.17, 15) is 8.42 Å². The Balaban J connectivity index is 2.76. The lowest BCUT2D eigenvalue weighted by Crippen LogP contribution is -1.97. The SMILES string of the molecule is O=S1(=O)COCO1. The Morgan fingerprint density at radius 2 is 2.14 bits per heavy atom. The number of hydrogen-bond acceptors (Lipinski definition) is 4. The summed E-state index contributed by atoms with van der Waals surface area (Å²) in [7, 11) is -3.27. The summed E-state index contributed by atoms with van der Waals surface area (Å²) in [6.45, 7) is -0.123. The monoisotopic (exact) mass is 124 g/mol. The van der Waals surface area contributed by atoms with Crippen molar-refractivity contribution in [3.63, 3.8) is 0 Å². The Bertz CT molecular complexity index is 133. The van der Waals surface area contributed by atoms with Crippen LogP contribution in [0, 0.1) is 0 Å². The maximum Gasteiger partial charge on any atom is 0.294 e. The first kappa shape index (κ1) is 5.02. The molecule has 4 nitrogen and oxygen atoms in total. The van der Waals surface area contributed by atoms with Gasteiger partial charge in [0.15, 0.2) is 12.7 Å². The molecule has 0 radical (unpaired) electrons. The van der Waals surface area contributed by atoms with E-state index in [0.29, 0.717) is 0 Å². The van der Waals surface area contributed by atoms with Crippen LogP contribution in [0.5, 0.6) is 0 Å². The van der Waals surface area contributed by atoms with Crippen LogP contribution in [0.2, 0.25) is 0 Å². The molecule has 0 unspecified atom stereocenters. The predicted octanol–water partition coefficient (Wildman–Crippen LogP) is -0.722. The van der Waals surface area contributed by atoms with Crippen LogP contribution in [0.1, 0.15) is 0 Å². The molecule has 1 aliphatic rings. The molecule has 0 saturated carbocycles. The number of ether oxygens (including phenoxy) is 1. The highest BCUT2D eigenvalue weighted by Gasteiger charge is 2.17. The summed E-state index contributed by atoms with van der Waals surface area (Å²) in [5.74, 6) is -0.299. The van der Waals surface area contributed by atoms with E-state index in [4.69, 9.17) is 0 Å². The zero-order chi connectivity index (χ0) is 5.33. The summed E-state index contributed by atoms with van der Waals surface area (Å²) < 4.78 is 28.6. The van der Waals surface area contributed by atoms with E-state index in [2.05, 4.69) is 8.92 Å². The third-order valence-corrected chi connectivity index (χ3v) is 1.45. The van der Waals surface area contributed by atoms with Gasteiger partial charge in [-0.3, -0.25) is 0 Å². The molecule has 1 heterocycles. The minimum atomic E-state index is -3.27. The van der Waals surface area contributed by atoms with E-state index in [1.807, 2.05) is 0 Å². The lowest BCUT2D eigenvalue weighted by atomic mass is 11.4. The average molecular weight is 124 g/mol. The van der Waals surface area contributed by atoms with Gasteiger partial charge in [0.2, 0.25) is 0 Å². The van der Waals surface area contributed by atoms with Crippen molar-refractivity contribution in [3.05, 3.63) is 0 Å². The van der Waals surface area contributed by atoms with E-state index in [1.165, 1.54) is 0 Å². The van der Waals surface area contributed by atoms with Gasteiger partial charge in [-0.05, 0) is 0 Å². The highest BCUT2D eigenvalue weighted by molar-refractivity contribution is 7.86. The highest BCUT2D eigenvalue weighted by atomic mass is 32.2. The third-order valence-electron chi connectivity index (χ3n) is 0.539. The van der Waals surface area contributed by atoms with Crippen LogP contribution < -0.4 is 0 Å². The molecule has 0 aromatic rings. The summed E-state index contributed by atoms with van der Waals surface area (Å²) >= 11 is 0. The van der Waals surface area contributed by atoms with E-state index in [1.54, 1.807) is 0 Å². The smallest absolute Gasteiger partial charge is 0.294 e. The topological polar surface area (TPSA) is 52.6 Å². The van der Waals surface area contributed by atoms with Gasteiger partial charge in [-0.25, -0.2) is 4.18 Å². The van der Waals surface area contributed by atoms with Gasteiger partial charge in [0.25, 0.3) is 10.1 Å². The molecule has 0 N–H and O–H groups in total. The van der Waals surface area contributed by atoms with Gasteiger partial charge in [0, 0.05) is 0 Å². The first-order valence-corrected chi connectivity index (χ1v) is 3.23. The second-order valence-corrected chi connectivity index (χ2v) is 2.70. The molecule has 0 aromatic carbocycles. The third kappa shape index (κ3) is 1.12. The van der Waals surface area contributed by atoms with Gasteiger partial charge in [-0.2, -0.15) is 8.42 Å². The van der Waals surface area contributed by atoms with Crippen LogP contribution in [0.4, 0.5) is 0 Å². The largest absolute Gasteiger partial charge is 0.336 e. The van der Waals surface area contributed by atoms with Gasteiger partial charge in [-0.1, -0.05) is 0 Å². The maximum atomic E-state index is 10.1. The molecule has 0 aliphatic carbocycles. The van der Waals surface area contributed by atoms with Gasteiger partial charge in [0.05, 0.1) is 0 Å². The normalized spacial score (nSPS) is 28.0. The molecule has 1 saturated heterocycles. The number of hydrogen-bond donors (Lipinski definition) is 0. The Labute approximate surface area is 41.2 Å². The molecular weight excluding hydrogens is 120 g/mol. The van der Waals surface area contributed by atoms with Crippen molar-refractivity contribution >= 4 is 10.1 Å². The Morgan fingerprint density at radius 3 is 2.29 bits per heavy atom.